The molecule has 4 heteroatoms. The van der Waals surface area contributed by atoms with Crippen LogP contribution in [0.1, 0.15) is 21.0 Å². The molecule has 1 rings (SSSR count). The van der Waals surface area contributed by atoms with Gasteiger partial charge in [0, 0.05) is 11.5 Å². The van der Waals surface area contributed by atoms with Crippen LogP contribution in [0.5, 0.6) is 0 Å². The van der Waals surface area contributed by atoms with Gasteiger partial charge in [0.25, 0.3) is 0 Å². The molecule has 1 heterocycles. The molecule has 76 valence electrons. The van der Waals surface area contributed by atoms with Crippen molar-refractivity contribution < 1.29 is 14.6 Å². The molecule has 3 nitrogen and oxygen atoms in total. The molecular weight excluding hydrogens is 200 g/mol. The average Bonchev–Trinajstić information content (AvgIpc) is 2.66. The third kappa shape index (κ3) is 2.97. The van der Waals surface area contributed by atoms with Crippen molar-refractivity contribution in [2.45, 2.75) is 6.42 Å². The van der Waals surface area contributed by atoms with Gasteiger partial charge in [0.2, 0.25) is 0 Å². The normalized spacial score (nSPS) is 10.7. The molecule has 0 radical (unpaired) electrons. The molecule has 0 aliphatic heterocycles. The number of rotatable bonds is 4. The Kier molecular flexibility index (Phi) is 4.35. The number of esters is 1. The SMILES string of the molecule is COC(=O)c1ccc(C=CCCO)s1. The van der Waals surface area contributed by atoms with Crippen molar-refractivity contribution in [2.75, 3.05) is 13.7 Å². The minimum absolute atomic E-state index is 0.145. The van der Waals surface area contributed by atoms with Crippen molar-refractivity contribution in [3.63, 3.8) is 0 Å². The maximum Gasteiger partial charge on any atom is 0.348 e. The first kappa shape index (κ1) is 10.9. The topological polar surface area (TPSA) is 46.5 Å². The number of methoxy groups -OCH3 is 1. The van der Waals surface area contributed by atoms with Crippen LogP contribution in [-0.2, 0) is 4.74 Å². The van der Waals surface area contributed by atoms with Gasteiger partial charge in [-0.3, -0.25) is 0 Å². The monoisotopic (exact) mass is 212 g/mol. The first-order valence-electron chi connectivity index (χ1n) is 4.23. The number of carbonyl (C=O) groups is 1. The Bertz CT molecular complexity index is 328. The molecule has 0 bridgehead atoms. The fourth-order valence-electron chi connectivity index (χ4n) is 0.927. The second-order valence-electron chi connectivity index (χ2n) is 2.61. The van der Waals surface area contributed by atoms with E-state index in [-0.39, 0.29) is 12.6 Å². The second kappa shape index (κ2) is 5.57. The van der Waals surface area contributed by atoms with Gasteiger partial charge < -0.3 is 9.84 Å². The van der Waals surface area contributed by atoms with Crippen molar-refractivity contribution in [3.05, 3.63) is 28.0 Å². The van der Waals surface area contributed by atoms with Crippen molar-refractivity contribution >= 4 is 23.4 Å². The fourth-order valence-corrected chi connectivity index (χ4v) is 1.78. The van der Waals surface area contributed by atoms with Gasteiger partial charge in [-0.2, -0.15) is 0 Å². The van der Waals surface area contributed by atoms with Crippen LogP contribution in [-0.4, -0.2) is 24.8 Å². The number of hydrogen-bond donors (Lipinski definition) is 1. The molecule has 0 aliphatic carbocycles. The van der Waals surface area contributed by atoms with Gasteiger partial charge >= 0.3 is 5.97 Å². The molecule has 0 aromatic carbocycles. The standard InChI is InChI=1S/C10H12O3S/c1-13-10(12)9-6-5-8(14-9)4-2-3-7-11/h2,4-6,11H,3,7H2,1H3. The largest absolute Gasteiger partial charge is 0.465 e. The Hall–Kier alpha value is -1.13. The lowest BCUT2D eigenvalue weighted by atomic mass is 10.3. The van der Waals surface area contributed by atoms with Crippen molar-refractivity contribution in [2.24, 2.45) is 0 Å². The van der Waals surface area contributed by atoms with Crippen molar-refractivity contribution in [1.82, 2.24) is 0 Å². The lowest BCUT2D eigenvalue weighted by Gasteiger charge is -1.91. The molecule has 0 amide bonds. The Balaban J connectivity index is 2.63. The van der Waals surface area contributed by atoms with Gasteiger partial charge in [-0.1, -0.05) is 6.08 Å². The van der Waals surface area contributed by atoms with Crippen LogP contribution < -0.4 is 0 Å². The van der Waals surface area contributed by atoms with Crippen molar-refractivity contribution in [1.29, 1.82) is 0 Å². The van der Waals surface area contributed by atoms with Crippen LogP contribution in [0.25, 0.3) is 6.08 Å². The van der Waals surface area contributed by atoms with Gasteiger partial charge in [0.15, 0.2) is 0 Å². The van der Waals surface area contributed by atoms with E-state index < -0.39 is 0 Å². The highest BCUT2D eigenvalue weighted by molar-refractivity contribution is 7.14. The summed E-state index contributed by atoms with van der Waals surface area (Å²) in [6.07, 6.45) is 4.38. The highest BCUT2D eigenvalue weighted by Crippen LogP contribution is 2.18. The van der Waals surface area contributed by atoms with E-state index in [0.29, 0.717) is 11.3 Å². The molecule has 14 heavy (non-hydrogen) atoms. The highest BCUT2D eigenvalue weighted by atomic mass is 32.1. The molecule has 0 atom stereocenters. The van der Waals surface area contributed by atoms with E-state index >= 15 is 0 Å². The Morgan fingerprint density at radius 1 is 1.64 bits per heavy atom. The molecule has 0 saturated carbocycles. The summed E-state index contributed by atoms with van der Waals surface area (Å²) in [5.41, 5.74) is 0. The molecule has 0 saturated heterocycles. The number of ether oxygens (including phenoxy) is 1. The van der Waals surface area contributed by atoms with E-state index in [2.05, 4.69) is 4.74 Å². The first-order chi connectivity index (χ1) is 6.77. The van der Waals surface area contributed by atoms with Crippen LogP contribution in [0.15, 0.2) is 18.2 Å². The quantitative estimate of drug-likeness (QED) is 0.776. The lowest BCUT2D eigenvalue weighted by Crippen LogP contribution is -1.96. The molecule has 0 fully saturated rings. The predicted molar refractivity (Wildman–Crippen MR) is 56.4 cm³/mol. The molecule has 1 N–H and O–H groups in total. The molecular formula is C10H12O3S. The fraction of sp³-hybridized carbons (Fsp3) is 0.300. The molecule has 1 aromatic rings. The maximum atomic E-state index is 11.1. The van der Waals surface area contributed by atoms with E-state index in [9.17, 15) is 4.79 Å². The van der Waals surface area contributed by atoms with Crippen LogP contribution >= 0.6 is 11.3 Å². The van der Waals surface area contributed by atoms with E-state index in [1.165, 1.54) is 18.4 Å². The molecule has 0 spiro atoms. The van der Waals surface area contributed by atoms with Crippen LogP contribution in [0.2, 0.25) is 0 Å². The van der Waals surface area contributed by atoms with Gasteiger partial charge in [-0.15, -0.1) is 11.3 Å². The zero-order valence-corrected chi connectivity index (χ0v) is 8.71. The number of aliphatic hydroxyl groups is 1. The third-order valence-electron chi connectivity index (χ3n) is 1.59. The third-order valence-corrected chi connectivity index (χ3v) is 2.62. The maximum absolute atomic E-state index is 11.1. The predicted octanol–water partition coefficient (Wildman–Crippen LogP) is 1.93. The Labute approximate surface area is 86.6 Å². The summed E-state index contributed by atoms with van der Waals surface area (Å²) in [4.78, 5) is 12.7. The van der Waals surface area contributed by atoms with E-state index in [1.54, 1.807) is 6.07 Å². The zero-order chi connectivity index (χ0) is 10.4. The van der Waals surface area contributed by atoms with E-state index in [1.807, 2.05) is 18.2 Å². The number of hydrogen-bond acceptors (Lipinski definition) is 4. The number of carbonyl (C=O) groups excluding carboxylic acids is 1. The van der Waals surface area contributed by atoms with Gasteiger partial charge in [-0.05, 0) is 24.6 Å². The van der Waals surface area contributed by atoms with Gasteiger partial charge in [0.1, 0.15) is 4.88 Å². The van der Waals surface area contributed by atoms with E-state index in [4.69, 9.17) is 5.11 Å². The minimum atomic E-state index is -0.309. The average molecular weight is 212 g/mol. The van der Waals surface area contributed by atoms with E-state index in [0.717, 1.165) is 4.88 Å². The second-order valence-corrected chi connectivity index (χ2v) is 3.72. The summed E-state index contributed by atoms with van der Waals surface area (Å²) in [5.74, 6) is -0.309. The summed E-state index contributed by atoms with van der Waals surface area (Å²) in [6, 6.07) is 3.58. The number of aliphatic hydroxyl groups excluding tert-OH is 1. The Morgan fingerprint density at radius 2 is 2.43 bits per heavy atom. The van der Waals surface area contributed by atoms with Crippen LogP contribution in [0.4, 0.5) is 0 Å². The molecule has 0 aliphatic rings. The van der Waals surface area contributed by atoms with Crippen LogP contribution in [0, 0.1) is 0 Å². The van der Waals surface area contributed by atoms with Gasteiger partial charge in [-0.25, -0.2) is 4.79 Å². The summed E-state index contributed by atoms with van der Waals surface area (Å²) >= 11 is 1.37. The lowest BCUT2D eigenvalue weighted by molar-refractivity contribution is 0.0606. The van der Waals surface area contributed by atoms with Crippen LogP contribution in [0.3, 0.4) is 0 Å². The molecule has 1 aromatic heterocycles. The van der Waals surface area contributed by atoms with Gasteiger partial charge in [0.05, 0.1) is 7.11 Å². The Morgan fingerprint density at radius 3 is 3.07 bits per heavy atom. The summed E-state index contributed by atoms with van der Waals surface area (Å²) in [5, 5.41) is 8.55. The van der Waals surface area contributed by atoms with Crippen molar-refractivity contribution in [3.8, 4) is 0 Å². The zero-order valence-electron chi connectivity index (χ0n) is 7.90. The molecule has 0 unspecified atom stereocenters. The first-order valence-corrected chi connectivity index (χ1v) is 5.05. The number of thiophene rings is 1. The smallest absolute Gasteiger partial charge is 0.348 e. The minimum Gasteiger partial charge on any atom is -0.465 e. The summed E-state index contributed by atoms with van der Waals surface area (Å²) in [7, 11) is 1.36. The summed E-state index contributed by atoms with van der Waals surface area (Å²) < 4.78 is 4.58. The highest BCUT2D eigenvalue weighted by Gasteiger charge is 2.06. The summed E-state index contributed by atoms with van der Waals surface area (Å²) in [6.45, 7) is 0.145.